The summed E-state index contributed by atoms with van der Waals surface area (Å²) in [6.45, 7) is 0. The predicted octanol–water partition coefficient (Wildman–Crippen LogP) is -0.0350. The maximum absolute atomic E-state index is 0. The molecule has 0 N–H and O–H groups in total. The fraction of sp³-hybridized carbons (Fsp3) is 0. The van der Waals surface area contributed by atoms with Gasteiger partial charge in [0, 0.05) is 281 Å². The zero-order valence-electron chi connectivity index (χ0n) is 4.67. The molecule has 126 valence electrons. The first-order chi connectivity index (χ1) is 0. The average Bonchev–Trinajstić information content (AvgIpc) is 0. The minimum Gasteiger partial charge on any atom is 0 e. The Kier molecular flexibility index (Phi) is 1160. The zero-order valence-corrected chi connectivity index (χ0v) is 38.2. The first-order valence-electron chi connectivity index (χ1n) is 0. The third-order valence-electron chi connectivity index (χ3n) is 0. The standard InChI is InChI=1S/14Ir. The summed E-state index contributed by atoms with van der Waals surface area (Å²) in [5, 5.41) is 0. The minimum absolute atomic E-state index is 0. The summed E-state index contributed by atoms with van der Waals surface area (Å²) < 4.78 is 0. The van der Waals surface area contributed by atoms with Gasteiger partial charge in [-0.05, 0) is 0 Å². The van der Waals surface area contributed by atoms with E-state index in [0.29, 0.717) is 0 Å². The van der Waals surface area contributed by atoms with E-state index in [4.69, 9.17) is 0 Å². The van der Waals surface area contributed by atoms with E-state index in [1.807, 2.05) is 0 Å². The molecule has 0 rings (SSSR count). The van der Waals surface area contributed by atoms with Crippen LogP contribution in [0.1, 0.15) is 0 Å². The Hall–Kier alpha value is 9.09. The van der Waals surface area contributed by atoms with Crippen LogP contribution in [0.15, 0.2) is 0 Å². The third-order valence-corrected chi connectivity index (χ3v) is 0. The summed E-state index contributed by atoms with van der Waals surface area (Å²) in [7, 11) is 0. The maximum Gasteiger partial charge on any atom is 0 e. The average molecular weight is 2690 g/mol. The molecule has 0 heterocycles. The van der Waals surface area contributed by atoms with Crippen molar-refractivity contribution < 1.29 is 281 Å². The van der Waals surface area contributed by atoms with E-state index < -0.39 is 0 Å². The van der Waals surface area contributed by atoms with E-state index in [1.165, 1.54) is 0 Å². The van der Waals surface area contributed by atoms with Gasteiger partial charge in [0.15, 0.2) is 0 Å². The van der Waals surface area contributed by atoms with Crippen LogP contribution in [0, 0.1) is 0 Å². The fourth-order valence-corrected chi connectivity index (χ4v) is 0. The van der Waals surface area contributed by atoms with Crippen LogP contribution in [0.2, 0.25) is 0 Å². The maximum atomic E-state index is 0. The van der Waals surface area contributed by atoms with Gasteiger partial charge >= 0.3 is 0 Å². The van der Waals surface area contributed by atoms with Crippen LogP contribution in [0.5, 0.6) is 0 Å². The number of rotatable bonds is 0. The molecule has 0 aliphatic carbocycles. The monoisotopic (exact) mass is 2700 g/mol. The number of hydrogen-bond acceptors (Lipinski definition) is 0. The summed E-state index contributed by atoms with van der Waals surface area (Å²) in [4.78, 5) is 0. The van der Waals surface area contributed by atoms with Crippen molar-refractivity contribution >= 4 is 0 Å². The molecule has 0 aromatic rings. The van der Waals surface area contributed by atoms with Crippen LogP contribution >= 0.6 is 0 Å². The quantitative estimate of drug-likeness (QED) is 0.321. The Morgan fingerprint density at radius 2 is 0.0714 bits per heavy atom. The van der Waals surface area contributed by atoms with Crippen molar-refractivity contribution in [3.8, 4) is 0 Å². The molecular weight excluding hydrogens is 2690 g/mol. The van der Waals surface area contributed by atoms with Gasteiger partial charge in [-0.3, -0.25) is 0 Å². The summed E-state index contributed by atoms with van der Waals surface area (Å²) in [6.07, 6.45) is 0. The van der Waals surface area contributed by atoms with Crippen LogP contribution in [-0.4, -0.2) is 0 Å². The summed E-state index contributed by atoms with van der Waals surface area (Å²) in [5.74, 6) is 0. The largest absolute Gasteiger partial charge is 0 e. The Labute approximate surface area is 274 Å². The zero-order chi connectivity index (χ0) is 0. The second kappa shape index (κ2) is 119. The molecule has 0 nitrogen and oxygen atoms in total. The van der Waals surface area contributed by atoms with Gasteiger partial charge in [0.2, 0.25) is 0 Å². The van der Waals surface area contributed by atoms with E-state index in [1.54, 1.807) is 0 Å². The van der Waals surface area contributed by atoms with Gasteiger partial charge in [0.05, 0.1) is 0 Å². The van der Waals surface area contributed by atoms with E-state index in [0.717, 1.165) is 0 Å². The molecule has 14 heteroatoms. The summed E-state index contributed by atoms with van der Waals surface area (Å²) in [5.41, 5.74) is 0. The van der Waals surface area contributed by atoms with Gasteiger partial charge in [0.1, 0.15) is 0 Å². The molecule has 0 atom stereocenters. The van der Waals surface area contributed by atoms with Crippen molar-refractivity contribution in [2.24, 2.45) is 0 Å². The van der Waals surface area contributed by atoms with Crippen LogP contribution in [-0.2, 0) is 281 Å². The molecule has 0 saturated carbocycles. The van der Waals surface area contributed by atoms with E-state index in [9.17, 15) is 0 Å². The van der Waals surface area contributed by atoms with Crippen LogP contribution in [0.25, 0.3) is 0 Å². The Bertz CT molecular complexity index is 0. The molecule has 0 aliphatic rings. The Balaban J connectivity index is 0. The van der Waals surface area contributed by atoms with Gasteiger partial charge in [-0.1, -0.05) is 0 Å². The molecule has 0 amide bonds. The topological polar surface area (TPSA) is 0 Å². The Morgan fingerprint density at radius 1 is 0.0714 bits per heavy atom. The molecule has 0 aromatic carbocycles. The van der Waals surface area contributed by atoms with Gasteiger partial charge in [-0.2, -0.15) is 0 Å². The molecule has 0 bridgehead atoms. The molecule has 14 heavy (non-hydrogen) atoms. The van der Waals surface area contributed by atoms with E-state index in [2.05, 4.69) is 0 Å². The van der Waals surface area contributed by atoms with Crippen molar-refractivity contribution in [1.82, 2.24) is 0 Å². The summed E-state index contributed by atoms with van der Waals surface area (Å²) >= 11 is 0. The summed E-state index contributed by atoms with van der Waals surface area (Å²) in [6, 6.07) is 0. The minimum atomic E-state index is 0. The SMILES string of the molecule is [Ir].[Ir].[Ir].[Ir].[Ir].[Ir].[Ir].[Ir].[Ir].[Ir].[Ir].[Ir].[Ir].[Ir]. The van der Waals surface area contributed by atoms with Gasteiger partial charge in [-0.25, -0.2) is 0 Å². The molecule has 0 fully saturated rings. The van der Waals surface area contributed by atoms with Crippen molar-refractivity contribution in [2.75, 3.05) is 0 Å². The van der Waals surface area contributed by atoms with Crippen molar-refractivity contribution in [3.05, 3.63) is 0 Å². The predicted molar refractivity (Wildman–Crippen MR) is 0 cm³/mol. The van der Waals surface area contributed by atoms with E-state index >= 15 is 0 Å². The molecule has 0 saturated heterocycles. The molecule has 0 spiro atoms. The van der Waals surface area contributed by atoms with Crippen molar-refractivity contribution in [2.45, 2.75) is 0 Å². The number of hydrogen-bond donors (Lipinski definition) is 0. The Morgan fingerprint density at radius 3 is 0.0714 bits per heavy atom. The first kappa shape index (κ1) is 136. The van der Waals surface area contributed by atoms with Crippen molar-refractivity contribution in [1.29, 1.82) is 0 Å². The first-order valence-corrected chi connectivity index (χ1v) is 0. The van der Waals surface area contributed by atoms with Crippen LogP contribution < -0.4 is 0 Å². The van der Waals surface area contributed by atoms with Crippen LogP contribution in [0.4, 0.5) is 0 Å². The van der Waals surface area contributed by atoms with E-state index in [-0.39, 0.29) is 281 Å². The molecule has 0 aromatic heterocycles. The normalized spacial score (nSPS) is 0. The van der Waals surface area contributed by atoms with Gasteiger partial charge < -0.3 is 0 Å². The molecule has 0 aliphatic heterocycles. The third kappa shape index (κ3) is 103. The molecule has 14 radical (unpaired) electrons. The molecular formula is Ir14. The smallest absolute Gasteiger partial charge is 0 e. The van der Waals surface area contributed by atoms with Crippen LogP contribution in [0.3, 0.4) is 0 Å². The second-order valence-electron chi connectivity index (χ2n) is 0. The van der Waals surface area contributed by atoms with Gasteiger partial charge in [0.25, 0.3) is 0 Å². The molecule has 0 unspecified atom stereocenters. The fourth-order valence-electron chi connectivity index (χ4n) is 0. The second-order valence-corrected chi connectivity index (χ2v) is 0. The van der Waals surface area contributed by atoms with Crippen molar-refractivity contribution in [3.63, 3.8) is 0 Å². The van der Waals surface area contributed by atoms with Gasteiger partial charge in [-0.15, -0.1) is 0 Å².